The molecule has 10 nitrogen and oxygen atoms in total. The molecule has 36 heavy (non-hydrogen) atoms. The quantitative estimate of drug-likeness (QED) is 0.337. The molecule has 1 aromatic heterocycles. The molecule has 194 valence electrons. The standard InChI is InChI=1S/C25H33N5O5S/c1-15-9-10-17(36(26,32)33)12-18(15)27-24(31)21(11-16-7-5-4-6-8-16)30-25-28-19-13-22(34-2)23(35-3)14-20(19)29-25/h9-10,12-14,16,21H,4-8,11H2,1-3H3,(H,27,31)(H2,26,32,33)(H2,28,29,30)/t21-/m1/s1. The normalized spacial score (nSPS) is 15.4. The zero-order chi connectivity index (χ0) is 25.9. The van der Waals surface area contributed by atoms with Gasteiger partial charge in [0, 0.05) is 17.8 Å². The highest BCUT2D eigenvalue weighted by Crippen LogP contribution is 2.33. The first kappa shape index (κ1) is 25.8. The zero-order valence-corrected chi connectivity index (χ0v) is 21.6. The minimum atomic E-state index is -3.90. The van der Waals surface area contributed by atoms with Crippen molar-refractivity contribution in [2.45, 2.75) is 56.4 Å². The van der Waals surface area contributed by atoms with E-state index in [2.05, 4.69) is 20.6 Å². The lowest BCUT2D eigenvalue weighted by Gasteiger charge is -2.26. The fourth-order valence-electron chi connectivity index (χ4n) is 4.69. The molecule has 5 N–H and O–H groups in total. The van der Waals surface area contributed by atoms with Crippen LogP contribution >= 0.6 is 0 Å². The van der Waals surface area contributed by atoms with Crippen molar-refractivity contribution in [2.75, 3.05) is 24.9 Å². The lowest BCUT2D eigenvalue weighted by molar-refractivity contribution is -0.117. The summed E-state index contributed by atoms with van der Waals surface area (Å²) in [5.74, 6) is 1.72. The Bertz CT molecular complexity index is 1310. The maximum atomic E-state index is 13.5. The Hall–Kier alpha value is -3.31. The van der Waals surface area contributed by atoms with Crippen molar-refractivity contribution in [3.05, 3.63) is 35.9 Å². The summed E-state index contributed by atoms with van der Waals surface area (Å²) in [5.41, 5.74) is 2.54. The van der Waals surface area contributed by atoms with E-state index in [-0.39, 0.29) is 10.8 Å². The minimum Gasteiger partial charge on any atom is -0.493 e. The van der Waals surface area contributed by atoms with Crippen LogP contribution in [0, 0.1) is 12.8 Å². The summed E-state index contributed by atoms with van der Waals surface area (Å²) in [7, 11) is -0.770. The number of rotatable bonds is 9. The Labute approximate surface area is 211 Å². The average molecular weight is 516 g/mol. The van der Waals surface area contributed by atoms with Gasteiger partial charge in [0.15, 0.2) is 11.5 Å². The number of aromatic nitrogens is 2. The molecule has 0 saturated heterocycles. The van der Waals surface area contributed by atoms with Crippen LogP contribution < -0.4 is 25.2 Å². The van der Waals surface area contributed by atoms with Crippen molar-refractivity contribution in [1.82, 2.24) is 9.97 Å². The number of ether oxygens (including phenoxy) is 2. The Balaban J connectivity index is 1.61. The molecule has 1 atom stereocenters. The maximum Gasteiger partial charge on any atom is 0.246 e. The number of H-pyrrole nitrogens is 1. The van der Waals surface area contributed by atoms with Gasteiger partial charge in [0.2, 0.25) is 21.9 Å². The molecule has 1 aliphatic rings. The van der Waals surface area contributed by atoms with E-state index >= 15 is 0 Å². The number of nitrogens with two attached hydrogens (primary N) is 1. The molecular weight excluding hydrogens is 482 g/mol. The molecule has 0 unspecified atom stereocenters. The van der Waals surface area contributed by atoms with E-state index < -0.39 is 16.1 Å². The monoisotopic (exact) mass is 515 g/mol. The summed E-state index contributed by atoms with van der Waals surface area (Å²) < 4.78 is 34.4. The van der Waals surface area contributed by atoms with Crippen LogP contribution in [-0.4, -0.2) is 44.6 Å². The fraction of sp³-hybridized carbons (Fsp3) is 0.440. The van der Waals surface area contributed by atoms with E-state index in [9.17, 15) is 13.2 Å². The van der Waals surface area contributed by atoms with E-state index in [0.29, 0.717) is 41.0 Å². The van der Waals surface area contributed by atoms with Crippen molar-refractivity contribution >= 4 is 38.6 Å². The van der Waals surface area contributed by atoms with Crippen LogP contribution in [0.3, 0.4) is 0 Å². The number of carbonyl (C=O) groups is 1. The van der Waals surface area contributed by atoms with Crippen molar-refractivity contribution in [1.29, 1.82) is 0 Å². The molecule has 1 aliphatic carbocycles. The Morgan fingerprint density at radius 2 is 1.83 bits per heavy atom. The first-order valence-corrected chi connectivity index (χ1v) is 13.5. The second-order valence-corrected chi connectivity index (χ2v) is 10.8. The van der Waals surface area contributed by atoms with Crippen molar-refractivity contribution in [3.8, 4) is 11.5 Å². The van der Waals surface area contributed by atoms with Gasteiger partial charge in [-0.05, 0) is 37.0 Å². The SMILES string of the molecule is COc1cc2nc(N[C@H](CC3CCCCC3)C(=O)Nc3cc(S(N)(=O)=O)ccc3C)[nH]c2cc1OC. The summed E-state index contributed by atoms with van der Waals surface area (Å²) in [6, 6.07) is 7.42. The van der Waals surface area contributed by atoms with Gasteiger partial charge in [0.1, 0.15) is 6.04 Å². The number of hydrogen-bond donors (Lipinski definition) is 4. The number of carbonyl (C=O) groups excluding carboxylic acids is 1. The number of aromatic amines is 1. The number of benzene rings is 2. The first-order valence-electron chi connectivity index (χ1n) is 12.0. The number of nitrogens with one attached hydrogen (secondary N) is 3. The molecular formula is C25H33N5O5S. The van der Waals surface area contributed by atoms with E-state index in [4.69, 9.17) is 14.6 Å². The Morgan fingerprint density at radius 3 is 2.50 bits per heavy atom. The highest BCUT2D eigenvalue weighted by Gasteiger charge is 2.26. The Kier molecular flexibility index (Phi) is 7.70. The van der Waals surface area contributed by atoms with E-state index in [1.54, 1.807) is 39.3 Å². The van der Waals surface area contributed by atoms with Crippen LogP contribution in [0.15, 0.2) is 35.2 Å². The first-order chi connectivity index (χ1) is 17.2. The van der Waals surface area contributed by atoms with Gasteiger partial charge in [-0.1, -0.05) is 38.2 Å². The number of nitrogens with zero attached hydrogens (tertiary/aromatic N) is 1. The molecule has 1 fully saturated rings. The van der Waals surface area contributed by atoms with Gasteiger partial charge in [-0.2, -0.15) is 0 Å². The predicted octanol–water partition coefficient (Wildman–Crippen LogP) is 3.93. The minimum absolute atomic E-state index is 0.0552. The van der Waals surface area contributed by atoms with Crippen LogP contribution in [0.5, 0.6) is 11.5 Å². The Morgan fingerprint density at radius 1 is 1.14 bits per heavy atom. The number of anilines is 2. The number of amides is 1. The molecule has 3 aromatic rings. The number of imidazole rings is 1. The summed E-state index contributed by atoms with van der Waals surface area (Å²) in [4.78, 5) is 21.2. The number of methoxy groups -OCH3 is 2. The van der Waals surface area contributed by atoms with Crippen LogP contribution in [0.1, 0.15) is 44.1 Å². The number of hydrogen-bond acceptors (Lipinski definition) is 7. The molecule has 2 aromatic carbocycles. The highest BCUT2D eigenvalue weighted by molar-refractivity contribution is 7.89. The van der Waals surface area contributed by atoms with Crippen LogP contribution in [0.25, 0.3) is 11.0 Å². The summed E-state index contributed by atoms with van der Waals surface area (Å²) in [6.07, 6.45) is 6.29. The van der Waals surface area contributed by atoms with Crippen molar-refractivity contribution in [3.63, 3.8) is 0 Å². The second-order valence-electron chi connectivity index (χ2n) is 9.26. The summed E-state index contributed by atoms with van der Waals surface area (Å²) in [6.45, 7) is 1.80. The number of primary sulfonamides is 1. The number of sulfonamides is 1. The number of fused-ring (bicyclic) bond motifs is 1. The molecule has 0 radical (unpaired) electrons. The molecule has 4 rings (SSSR count). The molecule has 1 amide bonds. The van der Waals surface area contributed by atoms with E-state index in [1.165, 1.54) is 18.6 Å². The van der Waals surface area contributed by atoms with Crippen LogP contribution in [0.2, 0.25) is 0 Å². The van der Waals surface area contributed by atoms with Gasteiger partial charge in [0.05, 0.1) is 30.1 Å². The van der Waals surface area contributed by atoms with Crippen molar-refractivity contribution < 1.29 is 22.7 Å². The molecule has 0 bridgehead atoms. The summed E-state index contributed by atoms with van der Waals surface area (Å²) >= 11 is 0. The zero-order valence-electron chi connectivity index (χ0n) is 20.8. The number of aryl methyl sites for hydroxylation is 1. The van der Waals surface area contributed by atoms with Crippen molar-refractivity contribution in [2.24, 2.45) is 11.1 Å². The molecule has 11 heteroatoms. The molecule has 1 saturated carbocycles. The molecule has 0 aliphatic heterocycles. The fourth-order valence-corrected chi connectivity index (χ4v) is 5.23. The van der Waals surface area contributed by atoms with Gasteiger partial charge in [-0.15, -0.1) is 0 Å². The second kappa shape index (κ2) is 10.8. The van der Waals surface area contributed by atoms with Gasteiger partial charge in [-0.25, -0.2) is 18.5 Å². The third kappa shape index (κ3) is 5.90. The smallest absolute Gasteiger partial charge is 0.246 e. The van der Waals surface area contributed by atoms with E-state index in [1.807, 2.05) is 0 Å². The summed E-state index contributed by atoms with van der Waals surface area (Å²) in [5, 5.41) is 11.5. The van der Waals surface area contributed by atoms with Crippen LogP contribution in [-0.2, 0) is 14.8 Å². The molecule has 0 spiro atoms. The predicted molar refractivity (Wildman–Crippen MR) is 139 cm³/mol. The average Bonchev–Trinajstić information content (AvgIpc) is 3.25. The third-order valence-electron chi connectivity index (χ3n) is 6.70. The lowest BCUT2D eigenvalue weighted by Crippen LogP contribution is -2.37. The highest BCUT2D eigenvalue weighted by atomic mass is 32.2. The van der Waals surface area contributed by atoms with Crippen LogP contribution in [0.4, 0.5) is 11.6 Å². The molecule has 1 heterocycles. The van der Waals surface area contributed by atoms with Gasteiger partial charge in [-0.3, -0.25) is 4.79 Å². The topological polar surface area (TPSA) is 148 Å². The maximum absolute atomic E-state index is 13.5. The lowest BCUT2D eigenvalue weighted by atomic mass is 9.84. The largest absolute Gasteiger partial charge is 0.493 e. The van der Waals surface area contributed by atoms with Gasteiger partial charge >= 0.3 is 0 Å². The van der Waals surface area contributed by atoms with E-state index in [0.717, 1.165) is 36.8 Å². The van der Waals surface area contributed by atoms with Gasteiger partial charge in [0.25, 0.3) is 0 Å². The third-order valence-corrected chi connectivity index (χ3v) is 7.61. The van der Waals surface area contributed by atoms with Gasteiger partial charge < -0.3 is 25.1 Å².